The summed E-state index contributed by atoms with van der Waals surface area (Å²) in [7, 11) is 0. The predicted octanol–water partition coefficient (Wildman–Crippen LogP) is 2.52. The van der Waals surface area contributed by atoms with Crippen molar-refractivity contribution in [2.45, 2.75) is 6.92 Å². The van der Waals surface area contributed by atoms with Crippen LogP contribution in [0.15, 0.2) is 42.5 Å². The molecule has 0 saturated carbocycles. The number of ether oxygens (including phenoxy) is 2. The minimum absolute atomic E-state index is 0.241. The Morgan fingerprint density at radius 3 is 2.52 bits per heavy atom. The number of hydrogen-bond acceptors (Lipinski definition) is 5. The summed E-state index contributed by atoms with van der Waals surface area (Å²) in [6.07, 6.45) is 0. The lowest BCUT2D eigenvalue weighted by Crippen LogP contribution is -2.31. The first-order valence-electron chi connectivity index (χ1n) is 8.06. The van der Waals surface area contributed by atoms with Gasteiger partial charge in [0.15, 0.2) is 6.61 Å². The molecule has 1 amide bonds. The third-order valence-corrected chi connectivity index (χ3v) is 3.42. The average molecular weight is 377 g/mol. The van der Waals surface area contributed by atoms with Gasteiger partial charge in [0.2, 0.25) is 5.78 Å². The molecule has 142 valence electrons. The van der Waals surface area contributed by atoms with Crippen molar-refractivity contribution >= 4 is 17.7 Å². The van der Waals surface area contributed by atoms with Crippen molar-refractivity contribution in [1.82, 2.24) is 5.32 Å². The Balaban J connectivity index is 1.87. The van der Waals surface area contributed by atoms with E-state index in [2.05, 4.69) is 5.32 Å². The molecule has 0 radical (unpaired) electrons. The van der Waals surface area contributed by atoms with Gasteiger partial charge in [-0.05, 0) is 37.3 Å². The van der Waals surface area contributed by atoms with Gasteiger partial charge in [-0.25, -0.2) is 8.78 Å². The first kappa shape index (κ1) is 20.0. The molecule has 0 bridgehead atoms. The number of carbonyl (C=O) groups is 3. The number of Topliss-reactive ketones (excluding diaryl/α,β-unsaturated/α-hetero) is 1. The van der Waals surface area contributed by atoms with E-state index in [0.29, 0.717) is 12.4 Å². The summed E-state index contributed by atoms with van der Waals surface area (Å²) in [6, 6.07) is 8.88. The van der Waals surface area contributed by atoms with Crippen LogP contribution in [0.3, 0.4) is 0 Å². The topological polar surface area (TPSA) is 81.7 Å². The van der Waals surface area contributed by atoms with Crippen molar-refractivity contribution in [1.29, 1.82) is 0 Å². The maximum atomic E-state index is 13.5. The Morgan fingerprint density at radius 1 is 1.04 bits per heavy atom. The maximum Gasteiger partial charge on any atom is 0.325 e. The second kappa shape index (κ2) is 9.42. The fourth-order valence-electron chi connectivity index (χ4n) is 2.17. The number of carbonyl (C=O) groups excluding carboxylic acids is 3. The molecule has 0 fully saturated rings. The van der Waals surface area contributed by atoms with Crippen LogP contribution in [-0.4, -0.2) is 37.4 Å². The van der Waals surface area contributed by atoms with E-state index in [9.17, 15) is 23.2 Å². The molecule has 2 aromatic carbocycles. The molecule has 0 aliphatic rings. The van der Waals surface area contributed by atoms with E-state index in [1.807, 2.05) is 0 Å². The summed E-state index contributed by atoms with van der Waals surface area (Å²) in [5.74, 6) is -3.69. The van der Waals surface area contributed by atoms with E-state index >= 15 is 0 Å². The molecular formula is C19H17F2NO5. The van der Waals surface area contributed by atoms with Gasteiger partial charge >= 0.3 is 5.97 Å². The molecule has 1 N–H and O–H groups in total. The lowest BCUT2D eigenvalue weighted by atomic mass is 10.1. The van der Waals surface area contributed by atoms with Gasteiger partial charge in [-0.2, -0.15) is 0 Å². The lowest BCUT2D eigenvalue weighted by molar-refractivity contribution is -0.141. The second-order valence-electron chi connectivity index (χ2n) is 5.32. The maximum absolute atomic E-state index is 13.5. The Bertz CT molecular complexity index is 854. The molecule has 0 aromatic heterocycles. The van der Waals surface area contributed by atoms with Crippen molar-refractivity contribution < 1.29 is 32.6 Å². The van der Waals surface area contributed by atoms with Crippen molar-refractivity contribution in [3.63, 3.8) is 0 Å². The number of hydrogen-bond donors (Lipinski definition) is 1. The normalized spacial score (nSPS) is 10.2. The Hall–Kier alpha value is -3.29. The van der Waals surface area contributed by atoms with E-state index in [1.54, 1.807) is 25.1 Å². The molecule has 6 nitrogen and oxygen atoms in total. The van der Waals surface area contributed by atoms with Gasteiger partial charge < -0.3 is 14.8 Å². The van der Waals surface area contributed by atoms with Crippen LogP contribution in [0, 0.1) is 11.6 Å². The number of benzene rings is 2. The number of ketones is 1. The summed E-state index contributed by atoms with van der Waals surface area (Å²) in [5, 5.41) is 2.34. The molecule has 27 heavy (non-hydrogen) atoms. The molecule has 8 heteroatoms. The SMILES string of the molecule is CCOc1ccccc1C(=O)NCC(=O)OCC(=O)c1cc(F)ccc1F. The molecule has 0 saturated heterocycles. The molecule has 0 atom stereocenters. The van der Waals surface area contributed by atoms with Gasteiger partial charge in [-0.1, -0.05) is 12.1 Å². The quantitative estimate of drug-likeness (QED) is 0.565. The zero-order valence-corrected chi connectivity index (χ0v) is 14.5. The predicted molar refractivity (Wildman–Crippen MR) is 91.6 cm³/mol. The highest BCUT2D eigenvalue weighted by molar-refractivity contribution is 5.99. The number of para-hydroxylation sites is 1. The van der Waals surface area contributed by atoms with Crippen molar-refractivity contribution in [3.05, 3.63) is 65.2 Å². The van der Waals surface area contributed by atoms with Crippen LogP contribution in [-0.2, 0) is 9.53 Å². The zero-order chi connectivity index (χ0) is 19.8. The molecule has 2 rings (SSSR count). The second-order valence-corrected chi connectivity index (χ2v) is 5.32. The third kappa shape index (κ3) is 5.60. The molecular weight excluding hydrogens is 360 g/mol. The summed E-state index contributed by atoms with van der Waals surface area (Å²) in [5.41, 5.74) is -0.275. The first-order valence-corrected chi connectivity index (χ1v) is 8.06. The average Bonchev–Trinajstić information content (AvgIpc) is 2.66. The monoisotopic (exact) mass is 377 g/mol. The van der Waals surface area contributed by atoms with Crippen molar-refractivity contribution in [2.75, 3.05) is 19.8 Å². The van der Waals surface area contributed by atoms with E-state index in [4.69, 9.17) is 9.47 Å². The molecule has 2 aromatic rings. The van der Waals surface area contributed by atoms with Crippen molar-refractivity contribution in [2.24, 2.45) is 0 Å². The van der Waals surface area contributed by atoms with Gasteiger partial charge in [-0.15, -0.1) is 0 Å². The van der Waals surface area contributed by atoms with Gasteiger partial charge in [-0.3, -0.25) is 14.4 Å². The number of esters is 1. The highest BCUT2D eigenvalue weighted by Crippen LogP contribution is 2.17. The molecule has 0 unspecified atom stereocenters. The highest BCUT2D eigenvalue weighted by Gasteiger charge is 2.17. The molecule has 0 spiro atoms. The van der Waals surface area contributed by atoms with Gasteiger partial charge in [0.05, 0.1) is 17.7 Å². The number of nitrogens with one attached hydrogen (secondary N) is 1. The van der Waals surface area contributed by atoms with Crippen LogP contribution in [0.1, 0.15) is 27.6 Å². The summed E-state index contributed by atoms with van der Waals surface area (Å²) in [4.78, 5) is 35.6. The number of amides is 1. The van der Waals surface area contributed by atoms with E-state index in [-0.39, 0.29) is 5.56 Å². The van der Waals surface area contributed by atoms with Crippen LogP contribution >= 0.6 is 0 Å². The third-order valence-electron chi connectivity index (χ3n) is 3.42. The summed E-state index contributed by atoms with van der Waals surface area (Å²) in [6.45, 7) is 0.860. The van der Waals surface area contributed by atoms with Crippen LogP contribution < -0.4 is 10.1 Å². The lowest BCUT2D eigenvalue weighted by Gasteiger charge is -2.10. The standard InChI is InChI=1S/C19H17F2NO5/c1-2-26-17-6-4-3-5-13(17)19(25)22-10-18(24)27-11-16(23)14-9-12(20)7-8-15(14)21/h3-9H,2,10-11H2,1H3,(H,22,25). The summed E-state index contributed by atoms with van der Waals surface area (Å²) >= 11 is 0. The van der Waals surface area contributed by atoms with Gasteiger partial charge in [0, 0.05) is 0 Å². The van der Waals surface area contributed by atoms with Crippen LogP contribution in [0.5, 0.6) is 5.75 Å². The smallest absolute Gasteiger partial charge is 0.325 e. The largest absolute Gasteiger partial charge is 0.493 e. The Kier molecular flexibility index (Phi) is 6.99. The fraction of sp³-hybridized carbons (Fsp3) is 0.211. The minimum Gasteiger partial charge on any atom is -0.493 e. The van der Waals surface area contributed by atoms with Crippen LogP contribution in [0.4, 0.5) is 8.78 Å². The number of halogens is 2. The zero-order valence-electron chi connectivity index (χ0n) is 14.5. The van der Waals surface area contributed by atoms with E-state index in [1.165, 1.54) is 6.07 Å². The molecule has 0 heterocycles. The fourth-order valence-corrected chi connectivity index (χ4v) is 2.17. The Labute approximate surface area is 154 Å². The van der Waals surface area contributed by atoms with Crippen LogP contribution in [0.2, 0.25) is 0 Å². The highest BCUT2D eigenvalue weighted by atomic mass is 19.1. The first-order chi connectivity index (χ1) is 12.9. The Morgan fingerprint density at radius 2 is 1.78 bits per heavy atom. The summed E-state index contributed by atoms with van der Waals surface area (Å²) < 4.78 is 36.6. The molecule has 0 aliphatic heterocycles. The molecule has 0 aliphatic carbocycles. The minimum atomic E-state index is -0.918. The van der Waals surface area contributed by atoms with E-state index < -0.39 is 48.0 Å². The van der Waals surface area contributed by atoms with E-state index in [0.717, 1.165) is 18.2 Å². The number of rotatable bonds is 8. The van der Waals surface area contributed by atoms with Gasteiger partial charge in [0.25, 0.3) is 5.91 Å². The van der Waals surface area contributed by atoms with Crippen LogP contribution in [0.25, 0.3) is 0 Å². The van der Waals surface area contributed by atoms with Gasteiger partial charge in [0.1, 0.15) is 23.9 Å². The van der Waals surface area contributed by atoms with Crippen molar-refractivity contribution in [3.8, 4) is 5.75 Å².